The Balaban J connectivity index is 1.61. The van der Waals surface area contributed by atoms with Gasteiger partial charge in [-0.15, -0.1) is 0 Å². The number of piperidine rings is 1. The fourth-order valence-electron chi connectivity index (χ4n) is 3.14. The zero-order chi connectivity index (χ0) is 17.6. The molecule has 0 aliphatic carbocycles. The van der Waals surface area contributed by atoms with E-state index in [1.807, 2.05) is 25.1 Å². The molecule has 0 bridgehead atoms. The normalized spacial score (nSPS) is 18.1. The first-order valence-electron chi connectivity index (χ1n) is 8.73. The molecule has 2 aromatic rings. The van der Waals surface area contributed by atoms with Crippen molar-refractivity contribution in [1.82, 2.24) is 15.0 Å². The Bertz CT molecular complexity index is 666. The third-order valence-corrected chi connectivity index (χ3v) is 4.41. The molecule has 7 nitrogen and oxygen atoms in total. The lowest BCUT2D eigenvalue weighted by molar-refractivity contribution is 0.201. The lowest BCUT2D eigenvalue weighted by Gasteiger charge is -2.33. The van der Waals surface area contributed by atoms with Crippen LogP contribution >= 0.6 is 0 Å². The van der Waals surface area contributed by atoms with Crippen molar-refractivity contribution in [2.75, 3.05) is 32.6 Å². The van der Waals surface area contributed by atoms with E-state index in [4.69, 9.17) is 14.0 Å². The van der Waals surface area contributed by atoms with Gasteiger partial charge in [0.15, 0.2) is 5.82 Å². The molecule has 0 unspecified atom stereocenters. The zero-order valence-corrected chi connectivity index (χ0v) is 15.1. The molecule has 1 aliphatic heterocycles. The van der Waals surface area contributed by atoms with Crippen molar-refractivity contribution >= 4 is 5.69 Å². The summed E-state index contributed by atoms with van der Waals surface area (Å²) in [6.07, 6.45) is 3.04. The van der Waals surface area contributed by atoms with Crippen LogP contribution in [0.5, 0.6) is 11.5 Å². The fraction of sp³-hybridized carbons (Fsp3) is 0.556. The number of aromatic nitrogens is 2. The maximum Gasteiger partial charge on any atom is 0.226 e. The van der Waals surface area contributed by atoms with Crippen molar-refractivity contribution in [3.05, 3.63) is 29.9 Å². The van der Waals surface area contributed by atoms with Crippen LogP contribution in [-0.4, -0.2) is 48.4 Å². The molecule has 1 saturated heterocycles. The minimum atomic E-state index is 0.364. The van der Waals surface area contributed by atoms with Crippen molar-refractivity contribution in [2.45, 2.75) is 38.8 Å². The average Bonchev–Trinajstić information content (AvgIpc) is 3.09. The molecule has 1 atom stereocenters. The number of hydrogen-bond donors (Lipinski definition) is 1. The molecular formula is C18H26N4O3. The summed E-state index contributed by atoms with van der Waals surface area (Å²) < 4.78 is 15.9. The van der Waals surface area contributed by atoms with E-state index in [9.17, 15) is 0 Å². The van der Waals surface area contributed by atoms with Crippen molar-refractivity contribution in [2.24, 2.45) is 0 Å². The largest absolute Gasteiger partial charge is 0.497 e. The Morgan fingerprint density at radius 3 is 2.64 bits per heavy atom. The minimum Gasteiger partial charge on any atom is -0.497 e. The number of benzene rings is 1. The van der Waals surface area contributed by atoms with Crippen LogP contribution in [0.4, 0.5) is 5.69 Å². The summed E-state index contributed by atoms with van der Waals surface area (Å²) in [6, 6.07) is 6.23. The Kier molecular flexibility index (Phi) is 5.75. The number of ether oxygens (including phenoxy) is 2. The van der Waals surface area contributed by atoms with Crippen LogP contribution in [0.25, 0.3) is 0 Å². The predicted octanol–water partition coefficient (Wildman–Crippen LogP) is 2.73. The average molecular weight is 346 g/mol. The molecule has 1 aromatic heterocycles. The molecule has 0 radical (unpaired) electrons. The number of likely N-dealkylation sites (tertiary alicyclic amines) is 1. The summed E-state index contributed by atoms with van der Waals surface area (Å²) >= 11 is 0. The van der Waals surface area contributed by atoms with Crippen LogP contribution in [0.2, 0.25) is 0 Å². The highest BCUT2D eigenvalue weighted by atomic mass is 16.5. The van der Waals surface area contributed by atoms with Gasteiger partial charge in [0.25, 0.3) is 0 Å². The molecule has 1 aliphatic rings. The summed E-state index contributed by atoms with van der Waals surface area (Å²) in [6.45, 7) is 4.73. The Hall–Kier alpha value is -2.28. The maximum absolute atomic E-state index is 5.34. The highest BCUT2D eigenvalue weighted by Crippen LogP contribution is 2.27. The number of anilines is 1. The van der Waals surface area contributed by atoms with Crippen LogP contribution in [-0.2, 0) is 13.0 Å². The SMILES string of the molecule is CCc1nc(CN2CCC[C@@H](Nc3cc(OC)cc(OC)c3)C2)no1. The first kappa shape index (κ1) is 17.5. The predicted molar refractivity (Wildman–Crippen MR) is 95.1 cm³/mol. The van der Waals surface area contributed by atoms with E-state index in [1.165, 1.54) is 0 Å². The number of rotatable bonds is 7. The monoisotopic (exact) mass is 346 g/mol. The number of hydrogen-bond acceptors (Lipinski definition) is 7. The second-order valence-corrected chi connectivity index (χ2v) is 6.28. The fourth-order valence-corrected chi connectivity index (χ4v) is 3.14. The Labute approximate surface area is 148 Å². The summed E-state index contributed by atoms with van der Waals surface area (Å²) in [4.78, 5) is 6.77. The van der Waals surface area contributed by atoms with E-state index in [0.29, 0.717) is 11.9 Å². The van der Waals surface area contributed by atoms with E-state index < -0.39 is 0 Å². The first-order chi connectivity index (χ1) is 12.2. The van der Waals surface area contributed by atoms with Crippen molar-refractivity contribution in [3.63, 3.8) is 0 Å². The molecule has 3 rings (SSSR count). The van der Waals surface area contributed by atoms with Gasteiger partial charge in [0.1, 0.15) is 11.5 Å². The van der Waals surface area contributed by atoms with Gasteiger partial charge in [0.2, 0.25) is 5.89 Å². The zero-order valence-electron chi connectivity index (χ0n) is 15.1. The second kappa shape index (κ2) is 8.20. The van der Waals surface area contributed by atoms with Crippen LogP contribution in [0.1, 0.15) is 31.5 Å². The number of nitrogens with zero attached hydrogens (tertiary/aromatic N) is 3. The van der Waals surface area contributed by atoms with Gasteiger partial charge in [-0.3, -0.25) is 4.90 Å². The summed E-state index contributed by atoms with van der Waals surface area (Å²) in [5, 5.41) is 7.65. The summed E-state index contributed by atoms with van der Waals surface area (Å²) in [7, 11) is 3.33. The van der Waals surface area contributed by atoms with Crippen LogP contribution < -0.4 is 14.8 Å². The van der Waals surface area contributed by atoms with Crippen LogP contribution in [0.3, 0.4) is 0 Å². The number of methoxy groups -OCH3 is 2. The second-order valence-electron chi connectivity index (χ2n) is 6.28. The van der Waals surface area contributed by atoms with Gasteiger partial charge in [0.05, 0.1) is 20.8 Å². The van der Waals surface area contributed by atoms with E-state index in [1.54, 1.807) is 14.2 Å². The van der Waals surface area contributed by atoms with Crippen molar-refractivity contribution < 1.29 is 14.0 Å². The molecular weight excluding hydrogens is 320 g/mol. The van der Waals surface area contributed by atoms with Gasteiger partial charge >= 0.3 is 0 Å². The van der Waals surface area contributed by atoms with E-state index in [-0.39, 0.29) is 0 Å². The minimum absolute atomic E-state index is 0.364. The molecule has 0 amide bonds. The molecule has 2 heterocycles. The van der Waals surface area contributed by atoms with Gasteiger partial charge in [-0.2, -0.15) is 4.98 Å². The third-order valence-electron chi connectivity index (χ3n) is 4.41. The first-order valence-corrected chi connectivity index (χ1v) is 8.73. The number of aryl methyl sites for hydroxylation is 1. The standard InChI is InChI=1S/C18H26N4O3/c1-4-18-20-17(21-25-18)12-22-7-5-6-13(11-22)19-14-8-15(23-2)10-16(9-14)24-3/h8-10,13,19H,4-7,11-12H2,1-3H3/t13-/m1/s1. The van der Waals surface area contributed by atoms with E-state index in [0.717, 1.165) is 61.9 Å². The van der Waals surface area contributed by atoms with Gasteiger partial charge in [-0.05, 0) is 19.4 Å². The lowest BCUT2D eigenvalue weighted by atomic mass is 10.1. The van der Waals surface area contributed by atoms with Crippen LogP contribution in [0.15, 0.2) is 22.7 Å². The highest BCUT2D eigenvalue weighted by Gasteiger charge is 2.21. The molecule has 1 fully saturated rings. The molecule has 1 N–H and O–H groups in total. The summed E-state index contributed by atoms with van der Waals surface area (Å²) in [5.41, 5.74) is 1.01. The molecule has 25 heavy (non-hydrogen) atoms. The number of nitrogens with one attached hydrogen (secondary N) is 1. The maximum atomic E-state index is 5.34. The van der Waals surface area contributed by atoms with Gasteiger partial charge in [0, 0.05) is 42.9 Å². The smallest absolute Gasteiger partial charge is 0.226 e. The third kappa shape index (κ3) is 4.63. The van der Waals surface area contributed by atoms with Crippen molar-refractivity contribution in [1.29, 1.82) is 0 Å². The molecule has 0 spiro atoms. The van der Waals surface area contributed by atoms with E-state index >= 15 is 0 Å². The Morgan fingerprint density at radius 2 is 2.00 bits per heavy atom. The highest BCUT2D eigenvalue weighted by molar-refractivity contribution is 5.54. The van der Waals surface area contributed by atoms with Gasteiger partial charge < -0.3 is 19.3 Å². The van der Waals surface area contributed by atoms with Gasteiger partial charge in [-0.25, -0.2) is 0 Å². The Morgan fingerprint density at radius 1 is 1.24 bits per heavy atom. The molecule has 0 saturated carbocycles. The van der Waals surface area contributed by atoms with Crippen molar-refractivity contribution in [3.8, 4) is 11.5 Å². The van der Waals surface area contributed by atoms with E-state index in [2.05, 4.69) is 20.4 Å². The topological polar surface area (TPSA) is 72.7 Å². The lowest BCUT2D eigenvalue weighted by Crippen LogP contribution is -2.41. The van der Waals surface area contributed by atoms with Gasteiger partial charge in [-0.1, -0.05) is 12.1 Å². The molecule has 1 aromatic carbocycles. The summed E-state index contributed by atoms with van der Waals surface area (Å²) in [5.74, 6) is 3.03. The molecule has 7 heteroatoms. The molecule has 136 valence electrons. The van der Waals surface area contributed by atoms with Crippen LogP contribution in [0, 0.1) is 0 Å². The quantitative estimate of drug-likeness (QED) is 0.826.